The van der Waals surface area contributed by atoms with Gasteiger partial charge in [0.25, 0.3) is 0 Å². The van der Waals surface area contributed by atoms with Crippen LogP contribution in [0.25, 0.3) is 0 Å². The van der Waals surface area contributed by atoms with Gasteiger partial charge in [0.1, 0.15) is 5.60 Å². The van der Waals surface area contributed by atoms with E-state index in [0.29, 0.717) is 6.42 Å². The molecule has 1 aromatic carbocycles. The van der Waals surface area contributed by atoms with Crippen molar-refractivity contribution in [3.63, 3.8) is 0 Å². The number of carbonyl (C=O) groups excluding carboxylic acids is 1. The van der Waals surface area contributed by atoms with Crippen molar-refractivity contribution < 1.29 is 15.0 Å². The van der Waals surface area contributed by atoms with E-state index in [0.717, 1.165) is 12.0 Å². The Morgan fingerprint density at radius 3 is 2.63 bits per heavy atom. The standard InChI is InChI=1S/C14H22N2O3/c1-14(19,10-17)9-16-13(18)12(15)8-7-11-5-3-2-4-6-11/h2-6,12,17,19H,7-10,15H2,1H3,(H,16,18). The van der Waals surface area contributed by atoms with Crippen LogP contribution in [0.3, 0.4) is 0 Å². The maximum atomic E-state index is 11.7. The molecular weight excluding hydrogens is 244 g/mol. The lowest BCUT2D eigenvalue weighted by molar-refractivity contribution is -0.124. The largest absolute Gasteiger partial charge is 0.393 e. The van der Waals surface area contributed by atoms with Gasteiger partial charge >= 0.3 is 0 Å². The van der Waals surface area contributed by atoms with Crippen LogP contribution >= 0.6 is 0 Å². The summed E-state index contributed by atoms with van der Waals surface area (Å²) >= 11 is 0. The van der Waals surface area contributed by atoms with Crippen molar-refractivity contribution in [2.75, 3.05) is 13.2 Å². The molecule has 0 spiro atoms. The quantitative estimate of drug-likeness (QED) is 0.550. The van der Waals surface area contributed by atoms with E-state index < -0.39 is 18.2 Å². The third-order valence-corrected chi connectivity index (χ3v) is 2.91. The first kappa shape index (κ1) is 15.6. The summed E-state index contributed by atoms with van der Waals surface area (Å²) < 4.78 is 0. The van der Waals surface area contributed by atoms with Crippen LogP contribution in [0.4, 0.5) is 0 Å². The minimum Gasteiger partial charge on any atom is -0.393 e. The lowest BCUT2D eigenvalue weighted by atomic mass is 10.0. The number of hydrogen-bond donors (Lipinski definition) is 4. The lowest BCUT2D eigenvalue weighted by Gasteiger charge is -2.22. The zero-order valence-corrected chi connectivity index (χ0v) is 11.2. The summed E-state index contributed by atoms with van der Waals surface area (Å²) in [5.74, 6) is -0.315. The second-order valence-corrected chi connectivity index (χ2v) is 5.00. The van der Waals surface area contributed by atoms with Gasteiger partial charge in [-0.1, -0.05) is 30.3 Å². The Morgan fingerprint density at radius 1 is 1.42 bits per heavy atom. The van der Waals surface area contributed by atoms with Gasteiger partial charge in [0, 0.05) is 6.54 Å². The summed E-state index contributed by atoms with van der Waals surface area (Å²) in [6.45, 7) is 1.02. The van der Waals surface area contributed by atoms with Crippen molar-refractivity contribution in [2.45, 2.75) is 31.4 Å². The van der Waals surface area contributed by atoms with Crippen LogP contribution < -0.4 is 11.1 Å². The van der Waals surface area contributed by atoms with Crippen LogP contribution in [0.5, 0.6) is 0 Å². The van der Waals surface area contributed by atoms with Crippen LogP contribution in [0.15, 0.2) is 30.3 Å². The van der Waals surface area contributed by atoms with Gasteiger partial charge in [-0.3, -0.25) is 4.79 Å². The maximum absolute atomic E-state index is 11.7. The molecule has 1 amide bonds. The normalized spacial score (nSPS) is 15.6. The molecule has 0 radical (unpaired) electrons. The summed E-state index contributed by atoms with van der Waals surface area (Å²) in [4.78, 5) is 11.7. The zero-order valence-electron chi connectivity index (χ0n) is 11.2. The van der Waals surface area contributed by atoms with Crippen molar-refractivity contribution in [1.29, 1.82) is 0 Å². The molecule has 0 aliphatic heterocycles. The smallest absolute Gasteiger partial charge is 0.237 e. The number of carbonyl (C=O) groups is 1. The summed E-state index contributed by atoms with van der Waals surface area (Å²) in [7, 11) is 0. The predicted octanol–water partition coefficient (Wildman–Crippen LogP) is -0.194. The Hall–Kier alpha value is -1.43. The number of nitrogens with two attached hydrogens (primary N) is 1. The highest BCUT2D eigenvalue weighted by Gasteiger charge is 2.21. The molecule has 1 aromatic rings. The van der Waals surface area contributed by atoms with E-state index in [1.807, 2.05) is 30.3 Å². The molecule has 0 aliphatic rings. The lowest BCUT2D eigenvalue weighted by Crippen LogP contribution is -2.48. The Kier molecular flexibility index (Phi) is 5.95. The number of aliphatic hydroxyl groups is 2. The monoisotopic (exact) mass is 266 g/mol. The van der Waals surface area contributed by atoms with E-state index in [2.05, 4.69) is 5.32 Å². The Balaban J connectivity index is 2.33. The number of nitrogens with one attached hydrogen (secondary N) is 1. The first-order valence-corrected chi connectivity index (χ1v) is 6.35. The molecule has 5 heteroatoms. The van der Waals surface area contributed by atoms with Crippen LogP contribution in [0.2, 0.25) is 0 Å². The predicted molar refractivity (Wildman–Crippen MR) is 73.5 cm³/mol. The van der Waals surface area contributed by atoms with Gasteiger partial charge in [0.15, 0.2) is 0 Å². The van der Waals surface area contributed by atoms with Crippen LogP contribution in [0, 0.1) is 0 Å². The molecule has 5 nitrogen and oxygen atoms in total. The first-order chi connectivity index (χ1) is 8.94. The molecule has 5 N–H and O–H groups in total. The third kappa shape index (κ3) is 5.83. The average molecular weight is 266 g/mol. The van der Waals surface area contributed by atoms with E-state index in [4.69, 9.17) is 10.8 Å². The summed E-state index contributed by atoms with van der Waals surface area (Å²) in [6, 6.07) is 9.18. The summed E-state index contributed by atoms with van der Waals surface area (Å²) in [5.41, 5.74) is 5.60. The highest BCUT2D eigenvalue weighted by atomic mass is 16.3. The minimum atomic E-state index is -1.31. The molecule has 2 atom stereocenters. The van der Waals surface area contributed by atoms with Crippen molar-refractivity contribution in [2.24, 2.45) is 5.73 Å². The van der Waals surface area contributed by atoms with Crippen LogP contribution in [0.1, 0.15) is 18.9 Å². The van der Waals surface area contributed by atoms with Gasteiger partial charge in [0.2, 0.25) is 5.91 Å². The van der Waals surface area contributed by atoms with E-state index in [-0.39, 0.29) is 12.5 Å². The van der Waals surface area contributed by atoms with Crippen molar-refractivity contribution in [3.8, 4) is 0 Å². The first-order valence-electron chi connectivity index (χ1n) is 6.35. The zero-order chi connectivity index (χ0) is 14.3. The number of aryl methyl sites for hydroxylation is 1. The fraction of sp³-hybridized carbons (Fsp3) is 0.500. The van der Waals surface area contributed by atoms with Gasteiger partial charge in [-0.05, 0) is 25.3 Å². The Bertz CT molecular complexity index is 393. The second-order valence-electron chi connectivity index (χ2n) is 5.00. The molecule has 0 bridgehead atoms. The average Bonchev–Trinajstić information content (AvgIpc) is 2.43. The van der Waals surface area contributed by atoms with Crippen molar-refractivity contribution in [3.05, 3.63) is 35.9 Å². The minimum absolute atomic E-state index is 0.0125. The number of benzene rings is 1. The SMILES string of the molecule is CC(O)(CO)CNC(=O)C(N)CCc1ccccc1. The van der Waals surface area contributed by atoms with E-state index in [9.17, 15) is 9.90 Å². The highest BCUT2D eigenvalue weighted by molar-refractivity contribution is 5.81. The van der Waals surface area contributed by atoms with E-state index >= 15 is 0 Å². The summed E-state index contributed by atoms with van der Waals surface area (Å²) in [6.07, 6.45) is 1.27. The van der Waals surface area contributed by atoms with Gasteiger partial charge in [0.05, 0.1) is 12.6 Å². The molecular formula is C14H22N2O3. The molecule has 1 rings (SSSR count). The Labute approximate surface area is 113 Å². The van der Waals surface area contributed by atoms with Crippen LogP contribution in [-0.4, -0.2) is 40.9 Å². The van der Waals surface area contributed by atoms with Crippen molar-refractivity contribution >= 4 is 5.91 Å². The van der Waals surface area contributed by atoms with E-state index in [1.54, 1.807) is 0 Å². The van der Waals surface area contributed by atoms with Crippen molar-refractivity contribution in [1.82, 2.24) is 5.32 Å². The van der Waals surface area contributed by atoms with Gasteiger partial charge < -0.3 is 21.3 Å². The Morgan fingerprint density at radius 2 is 2.05 bits per heavy atom. The maximum Gasteiger partial charge on any atom is 0.237 e. The molecule has 0 fully saturated rings. The summed E-state index contributed by atoms with van der Waals surface area (Å²) in [5, 5.41) is 21.0. The fourth-order valence-corrected chi connectivity index (χ4v) is 1.56. The molecule has 106 valence electrons. The number of aliphatic hydroxyl groups excluding tert-OH is 1. The number of rotatable bonds is 7. The molecule has 2 unspecified atom stereocenters. The molecule has 0 saturated heterocycles. The van der Waals surface area contributed by atoms with Gasteiger partial charge in [-0.25, -0.2) is 0 Å². The van der Waals surface area contributed by atoms with E-state index in [1.165, 1.54) is 6.92 Å². The highest BCUT2D eigenvalue weighted by Crippen LogP contribution is 2.04. The number of amides is 1. The molecule has 0 aliphatic carbocycles. The number of hydrogen-bond acceptors (Lipinski definition) is 4. The second kappa shape index (κ2) is 7.23. The fourth-order valence-electron chi connectivity index (χ4n) is 1.56. The molecule has 0 aromatic heterocycles. The molecule has 0 heterocycles. The topological polar surface area (TPSA) is 95.6 Å². The molecule has 19 heavy (non-hydrogen) atoms. The van der Waals surface area contributed by atoms with Gasteiger partial charge in [-0.15, -0.1) is 0 Å². The third-order valence-electron chi connectivity index (χ3n) is 2.91. The molecule has 0 saturated carbocycles. The van der Waals surface area contributed by atoms with Gasteiger partial charge in [-0.2, -0.15) is 0 Å². The van der Waals surface area contributed by atoms with Crippen LogP contribution in [-0.2, 0) is 11.2 Å².